The molecule has 1 aromatic carbocycles. The number of allylic oxidation sites excluding steroid dienone is 1. The summed E-state index contributed by atoms with van der Waals surface area (Å²) in [6.45, 7) is 2.48. The minimum absolute atomic E-state index is 0.0646. The fourth-order valence-corrected chi connectivity index (χ4v) is 2.13. The molecule has 1 fully saturated rings. The molecule has 1 aliphatic heterocycles. The number of rotatable bonds is 3. The second-order valence-electron chi connectivity index (χ2n) is 4.13. The van der Waals surface area contributed by atoms with E-state index in [4.69, 9.17) is 4.74 Å². The van der Waals surface area contributed by atoms with Crippen LogP contribution in [0.25, 0.3) is 0 Å². The molecule has 2 nitrogen and oxygen atoms in total. The highest BCUT2D eigenvalue weighted by molar-refractivity contribution is 5.76. The van der Waals surface area contributed by atoms with Gasteiger partial charge in [0.1, 0.15) is 0 Å². The number of carbonyl (C=O) groups is 1. The van der Waals surface area contributed by atoms with Crippen molar-refractivity contribution < 1.29 is 9.53 Å². The smallest absolute Gasteiger partial charge is 0.313 e. The molecule has 0 aromatic heterocycles. The van der Waals surface area contributed by atoms with Crippen LogP contribution in [-0.4, -0.2) is 12.6 Å². The van der Waals surface area contributed by atoms with Crippen LogP contribution in [0, 0.1) is 11.8 Å². The average molecular weight is 216 g/mol. The SMILES string of the molecule is C/C=C/[C@@H]1C(=O)OC[C@H]1Cc1ccccc1. The third-order valence-corrected chi connectivity index (χ3v) is 2.96. The van der Waals surface area contributed by atoms with Gasteiger partial charge in [-0.2, -0.15) is 0 Å². The van der Waals surface area contributed by atoms with Crippen molar-refractivity contribution in [1.29, 1.82) is 0 Å². The topological polar surface area (TPSA) is 26.3 Å². The molecule has 0 radical (unpaired) electrons. The lowest BCUT2D eigenvalue weighted by molar-refractivity contribution is -0.140. The summed E-state index contributed by atoms with van der Waals surface area (Å²) >= 11 is 0. The molecule has 84 valence electrons. The van der Waals surface area contributed by atoms with Crippen molar-refractivity contribution in [2.24, 2.45) is 11.8 Å². The van der Waals surface area contributed by atoms with Crippen molar-refractivity contribution in [2.45, 2.75) is 13.3 Å². The molecule has 0 aliphatic carbocycles. The number of hydrogen-bond donors (Lipinski definition) is 0. The molecule has 0 unspecified atom stereocenters. The first-order chi connectivity index (χ1) is 7.81. The van der Waals surface area contributed by atoms with Crippen LogP contribution in [0.3, 0.4) is 0 Å². The predicted molar refractivity (Wildman–Crippen MR) is 62.9 cm³/mol. The summed E-state index contributed by atoms with van der Waals surface area (Å²) in [5, 5.41) is 0. The van der Waals surface area contributed by atoms with Crippen molar-refractivity contribution in [2.75, 3.05) is 6.61 Å². The van der Waals surface area contributed by atoms with E-state index in [9.17, 15) is 4.79 Å². The van der Waals surface area contributed by atoms with E-state index in [1.807, 2.05) is 37.3 Å². The van der Waals surface area contributed by atoms with E-state index in [1.165, 1.54) is 5.56 Å². The first-order valence-electron chi connectivity index (χ1n) is 5.64. The molecular formula is C14H16O2. The minimum atomic E-state index is -0.0842. The van der Waals surface area contributed by atoms with Crippen LogP contribution < -0.4 is 0 Å². The van der Waals surface area contributed by atoms with Crippen LogP contribution in [0.1, 0.15) is 12.5 Å². The lowest BCUT2D eigenvalue weighted by atomic mass is 9.89. The van der Waals surface area contributed by atoms with Crippen LogP contribution in [-0.2, 0) is 16.0 Å². The van der Waals surface area contributed by atoms with Crippen molar-refractivity contribution in [3.8, 4) is 0 Å². The normalized spacial score (nSPS) is 24.9. The Kier molecular flexibility index (Phi) is 3.40. The molecule has 1 heterocycles. The Morgan fingerprint density at radius 2 is 2.12 bits per heavy atom. The quantitative estimate of drug-likeness (QED) is 0.573. The monoisotopic (exact) mass is 216 g/mol. The highest BCUT2D eigenvalue weighted by Crippen LogP contribution is 2.26. The van der Waals surface area contributed by atoms with Gasteiger partial charge in [-0.15, -0.1) is 0 Å². The molecule has 0 amide bonds. The van der Waals surface area contributed by atoms with Gasteiger partial charge in [-0.3, -0.25) is 4.79 Å². The molecule has 1 saturated heterocycles. The molecule has 1 aromatic rings. The third kappa shape index (κ3) is 2.32. The van der Waals surface area contributed by atoms with Gasteiger partial charge in [-0.1, -0.05) is 42.5 Å². The molecule has 0 spiro atoms. The van der Waals surface area contributed by atoms with Gasteiger partial charge in [-0.25, -0.2) is 0 Å². The van der Waals surface area contributed by atoms with Gasteiger partial charge in [0.2, 0.25) is 0 Å². The number of cyclic esters (lactones) is 1. The Hall–Kier alpha value is -1.57. The van der Waals surface area contributed by atoms with E-state index >= 15 is 0 Å². The number of esters is 1. The van der Waals surface area contributed by atoms with Gasteiger partial charge in [0.25, 0.3) is 0 Å². The van der Waals surface area contributed by atoms with Crippen molar-refractivity contribution in [1.82, 2.24) is 0 Å². The van der Waals surface area contributed by atoms with Crippen molar-refractivity contribution >= 4 is 5.97 Å². The molecule has 0 bridgehead atoms. The Labute approximate surface area is 95.9 Å². The second-order valence-corrected chi connectivity index (χ2v) is 4.13. The van der Waals surface area contributed by atoms with Crippen molar-refractivity contribution in [3.05, 3.63) is 48.0 Å². The van der Waals surface area contributed by atoms with Gasteiger partial charge in [-0.05, 0) is 18.9 Å². The van der Waals surface area contributed by atoms with E-state index < -0.39 is 0 Å². The van der Waals surface area contributed by atoms with Gasteiger partial charge in [0.05, 0.1) is 12.5 Å². The zero-order chi connectivity index (χ0) is 11.4. The standard InChI is InChI=1S/C14H16O2/c1-2-6-13-12(10-16-14(13)15)9-11-7-4-3-5-8-11/h2-8,12-13H,9-10H2,1H3/b6-2+/t12-,13+/m1/s1. The molecule has 0 saturated carbocycles. The summed E-state index contributed by atoms with van der Waals surface area (Å²) in [6, 6.07) is 10.2. The molecule has 1 aliphatic rings. The number of hydrogen-bond acceptors (Lipinski definition) is 2. The van der Waals surface area contributed by atoms with Crippen LogP contribution in [0.4, 0.5) is 0 Å². The number of carbonyl (C=O) groups excluding carboxylic acids is 1. The molecule has 16 heavy (non-hydrogen) atoms. The fraction of sp³-hybridized carbons (Fsp3) is 0.357. The predicted octanol–water partition coefficient (Wildman–Crippen LogP) is 2.59. The van der Waals surface area contributed by atoms with E-state index in [0.717, 1.165) is 6.42 Å². The highest BCUT2D eigenvalue weighted by Gasteiger charge is 2.34. The first-order valence-corrected chi connectivity index (χ1v) is 5.64. The van der Waals surface area contributed by atoms with Gasteiger partial charge >= 0.3 is 5.97 Å². The molecule has 2 atom stereocenters. The van der Waals surface area contributed by atoms with Gasteiger partial charge in [0.15, 0.2) is 0 Å². The van der Waals surface area contributed by atoms with Crippen molar-refractivity contribution in [3.63, 3.8) is 0 Å². The molecule has 0 N–H and O–H groups in total. The summed E-state index contributed by atoms with van der Waals surface area (Å²) in [5.41, 5.74) is 1.26. The summed E-state index contributed by atoms with van der Waals surface area (Å²) < 4.78 is 5.11. The maximum Gasteiger partial charge on any atom is 0.313 e. The summed E-state index contributed by atoms with van der Waals surface area (Å²) in [6.07, 6.45) is 4.78. The van der Waals surface area contributed by atoms with Gasteiger partial charge in [0, 0.05) is 5.92 Å². The molecule has 2 heteroatoms. The van der Waals surface area contributed by atoms with Crippen LogP contribution in [0.2, 0.25) is 0 Å². The highest BCUT2D eigenvalue weighted by atomic mass is 16.5. The number of benzene rings is 1. The zero-order valence-electron chi connectivity index (χ0n) is 9.43. The Balaban J connectivity index is 2.07. The van der Waals surface area contributed by atoms with E-state index in [1.54, 1.807) is 0 Å². The lowest BCUT2D eigenvalue weighted by Crippen LogP contribution is -2.15. The molecular weight excluding hydrogens is 200 g/mol. The Morgan fingerprint density at radius 3 is 2.81 bits per heavy atom. The summed E-state index contributed by atoms with van der Waals surface area (Å²) in [4.78, 5) is 11.5. The van der Waals surface area contributed by atoms with Crippen LogP contribution in [0.5, 0.6) is 0 Å². The van der Waals surface area contributed by atoms with E-state index in [-0.39, 0.29) is 17.8 Å². The van der Waals surface area contributed by atoms with E-state index in [0.29, 0.717) is 6.61 Å². The third-order valence-electron chi connectivity index (χ3n) is 2.96. The number of ether oxygens (including phenoxy) is 1. The maximum absolute atomic E-state index is 11.5. The first kappa shape index (κ1) is 10.9. The summed E-state index contributed by atoms with van der Waals surface area (Å²) in [5.74, 6) is 0.135. The summed E-state index contributed by atoms with van der Waals surface area (Å²) in [7, 11) is 0. The Bertz CT molecular complexity index is 381. The fourth-order valence-electron chi connectivity index (χ4n) is 2.13. The maximum atomic E-state index is 11.5. The average Bonchev–Trinajstić information content (AvgIpc) is 2.64. The largest absolute Gasteiger partial charge is 0.465 e. The van der Waals surface area contributed by atoms with Crippen LogP contribution in [0.15, 0.2) is 42.5 Å². The zero-order valence-corrected chi connectivity index (χ0v) is 9.43. The molecule has 2 rings (SSSR count). The second kappa shape index (κ2) is 4.97. The van der Waals surface area contributed by atoms with E-state index in [2.05, 4.69) is 12.1 Å². The van der Waals surface area contributed by atoms with Gasteiger partial charge < -0.3 is 4.74 Å². The minimum Gasteiger partial charge on any atom is -0.465 e. The lowest BCUT2D eigenvalue weighted by Gasteiger charge is -2.11. The Morgan fingerprint density at radius 1 is 1.38 bits per heavy atom. The van der Waals surface area contributed by atoms with Crippen LogP contribution >= 0.6 is 0 Å².